The third-order valence-electron chi connectivity index (χ3n) is 4.11. The number of nitrogens with one attached hydrogen (secondary N) is 1. The molecule has 2 fully saturated rings. The van der Waals surface area contributed by atoms with Gasteiger partial charge in [-0.25, -0.2) is 0 Å². The van der Waals surface area contributed by atoms with Gasteiger partial charge in [-0.1, -0.05) is 0 Å². The van der Waals surface area contributed by atoms with Gasteiger partial charge < -0.3 is 14.6 Å². The van der Waals surface area contributed by atoms with Gasteiger partial charge >= 0.3 is 0 Å². The zero-order valence-corrected chi connectivity index (χ0v) is 10.1. The molecule has 1 spiro atoms. The molecule has 0 aromatic carbocycles. The lowest BCUT2D eigenvalue weighted by Gasteiger charge is -2.36. The van der Waals surface area contributed by atoms with Crippen LogP contribution in [-0.4, -0.2) is 36.3 Å². The largest absolute Gasteiger partial charge is 0.459 e. The Kier molecular flexibility index (Phi) is 2.61. The monoisotopic (exact) mass is 248 g/mol. The van der Waals surface area contributed by atoms with Gasteiger partial charge in [0.05, 0.1) is 11.7 Å². The van der Waals surface area contributed by atoms with E-state index in [1.807, 2.05) is 0 Å². The molecule has 1 N–H and O–H groups in total. The van der Waals surface area contributed by atoms with Crippen LogP contribution in [0.2, 0.25) is 0 Å². The average molecular weight is 248 g/mol. The van der Waals surface area contributed by atoms with Crippen LogP contribution in [0.3, 0.4) is 0 Å². The smallest absolute Gasteiger partial charge is 0.289 e. The molecule has 5 heteroatoms. The summed E-state index contributed by atoms with van der Waals surface area (Å²) >= 11 is 0. The maximum atomic E-state index is 12.1. The molecular weight excluding hydrogens is 232 g/mol. The van der Waals surface area contributed by atoms with Crippen molar-refractivity contribution in [3.63, 3.8) is 0 Å². The van der Waals surface area contributed by atoms with Crippen molar-refractivity contribution in [1.82, 2.24) is 10.2 Å². The second-order valence-electron chi connectivity index (χ2n) is 5.06. The first kappa shape index (κ1) is 11.3. The van der Waals surface area contributed by atoms with Crippen molar-refractivity contribution >= 4 is 11.8 Å². The number of carbonyl (C=O) groups excluding carboxylic acids is 2. The van der Waals surface area contributed by atoms with Gasteiger partial charge in [0, 0.05) is 19.6 Å². The summed E-state index contributed by atoms with van der Waals surface area (Å²) in [4.78, 5) is 25.7. The first-order valence-electron chi connectivity index (χ1n) is 6.32. The highest BCUT2D eigenvalue weighted by Gasteiger charge is 2.45. The van der Waals surface area contributed by atoms with E-state index in [4.69, 9.17) is 4.42 Å². The number of furan rings is 1. The van der Waals surface area contributed by atoms with Gasteiger partial charge in [0.2, 0.25) is 5.91 Å². The van der Waals surface area contributed by atoms with E-state index >= 15 is 0 Å². The van der Waals surface area contributed by atoms with Gasteiger partial charge in [0.25, 0.3) is 5.91 Å². The summed E-state index contributed by atoms with van der Waals surface area (Å²) in [5.74, 6) is 0.461. The Balaban J connectivity index is 1.67. The zero-order chi connectivity index (χ0) is 12.6. The Morgan fingerprint density at radius 1 is 1.33 bits per heavy atom. The molecule has 18 heavy (non-hydrogen) atoms. The minimum Gasteiger partial charge on any atom is -0.459 e. The molecule has 2 aliphatic heterocycles. The van der Waals surface area contributed by atoms with E-state index in [1.54, 1.807) is 17.0 Å². The SMILES string of the molecule is O=C(c1ccco1)N1CCC2(CCNC2=O)CC1. The van der Waals surface area contributed by atoms with Crippen LogP contribution < -0.4 is 5.32 Å². The highest BCUT2D eigenvalue weighted by atomic mass is 16.3. The molecule has 0 saturated carbocycles. The Morgan fingerprint density at radius 2 is 2.11 bits per heavy atom. The second kappa shape index (κ2) is 4.15. The van der Waals surface area contributed by atoms with Crippen molar-refractivity contribution in [1.29, 1.82) is 0 Å². The van der Waals surface area contributed by atoms with Crippen LogP contribution in [-0.2, 0) is 4.79 Å². The molecule has 1 aromatic heterocycles. The summed E-state index contributed by atoms with van der Waals surface area (Å²) in [5.41, 5.74) is -0.222. The van der Waals surface area contributed by atoms with Gasteiger partial charge in [0.15, 0.2) is 5.76 Å². The first-order valence-corrected chi connectivity index (χ1v) is 6.32. The fraction of sp³-hybridized carbons (Fsp3) is 0.538. The fourth-order valence-corrected chi connectivity index (χ4v) is 2.89. The van der Waals surface area contributed by atoms with E-state index in [1.165, 1.54) is 6.26 Å². The standard InChI is InChI=1S/C13H16N2O3/c16-11(10-2-1-9-18-10)15-7-4-13(5-8-15)3-6-14-12(13)17/h1-2,9H,3-8H2,(H,14,17). The normalized spacial score (nSPS) is 22.2. The predicted molar refractivity (Wildman–Crippen MR) is 63.9 cm³/mol. The minimum absolute atomic E-state index is 0.0757. The van der Waals surface area contributed by atoms with Crippen molar-refractivity contribution in [3.8, 4) is 0 Å². The Morgan fingerprint density at radius 3 is 2.67 bits per heavy atom. The molecule has 0 radical (unpaired) electrons. The highest BCUT2D eigenvalue weighted by molar-refractivity contribution is 5.92. The van der Waals surface area contributed by atoms with Crippen molar-refractivity contribution in [2.75, 3.05) is 19.6 Å². The van der Waals surface area contributed by atoms with Crippen LogP contribution >= 0.6 is 0 Å². The van der Waals surface area contributed by atoms with Gasteiger partial charge in [-0.05, 0) is 31.4 Å². The molecule has 2 aliphatic rings. The van der Waals surface area contributed by atoms with Crippen LogP contribution in [0, 0.1) is 5.41 Å². The summed E-state index contributed by atoms with van der Waals surface area (Å²) in [5, 5.41) is 2.89. The molecule has 0 atom stereocenters. The third-order valence-corrected chi connectivity index (χ3v) is 4.11. The number of hydrogen-bond donors (Lipinski definition) is 1. The number of nitrogens with zero attached hydrogens (tertiary/aromatic N) is 1. The minimum atomic E-state index is -0.222. The van der Waals surface area contributed by atoms with Crippen molar-refractivity contribution in [2.24, 2.45) is 5.41 Å². The zero-order valence-electron chi connectivity index (χ0n) is 10.1. The van der Waals surface area contributed by atoms with E-state index in [2.05, 4.69) is 5.32 Å². The lowest BCUT2D eigenvalue weighted by Crippen LogP contribution is -2.46. The molecule has 1 aromatic rings. The summed E-state index contributed by atoms with van der Waals surface area (Å²) in [6.07, 6.45) is 3.91. The lowest BCUT2D eigenvalue weighted by atomic mass is 9.77. The quantitative estimate of drug-likeness (QED) is 0.807. The summed E-state index contributed by atoms with van der Waals surface area (Å²) in [6, 6.07) is 3.39. The van der Waals surface area contributed by atoms with Crippen molar-refractivity contribution < 1.29 is 14.0 Å². The van der Waals surface area contributed by atoms with Crippen LogP contribution in [0.5, 0.6) is 0 Å². The maximum Gasteiger partial charge on any atom is 0.289 e. The Bertz CT molecular complexity index is 459. The molecule has 0 bridgehead atoms. The number of rotatable bonds is 1. The third kappa shape index (κ3) is 1.70. The molecular formula is C13H16N2O3. The van der Waals surface area contributed by atoms with E-state index < -0.39 is 0 Å². The summed E-state index contributed by atoms with van der Waals surface area (Å²) < 4.78 is 5.12. The van der Waals surface area contributed by atoms with E-state index in [-0.39, 0.29) is 17.2 Å². The molecule has 3 heterocycles. The maximum absolute atomic E-state index is 12.1. The first-order chi connectivity index (χ1) is 8.71. The predicted octanol–water partition coefficient (Wildman–Crippen LogP) is 1.02. The molecule has 5 nitrogen and oxygen atoms in total. The van der Waals surface area contributed by atoms with E-state index in [0.29, 0.717) is 18.8 Å². The lowest BCUT2D eigenvalue weighted by molar-refractivity contribution is -0.129. The number of amides is 2. The summed E-state index contributed by atoms with van der Waals surface area (Å²) in [6.45, 7) is 2.03. The van der Waals surface area contributed by atoms with Gasteiger partial charge in [0.1, 0.15) is 0 Å². The van der Waals surface area contributed by atoms with Crippen LogP contribution in [0.1, 0.15) is 29.8 Å². The Labute approximate surface area is 105 Å². The molecule has 2 saturated heterocycles. The van der Waals surface area contributed by atoms with E-state index in [0.717, 1.165) is 25.8 Å². The number of piperidine rings is 1. The topological polar surface area (TPSA) is 62.6 Å². The number of hydrogen-bond acceptors (Lipinski definition) is 3. The van der Waals surface area contributed by atoms with Crippen LogP contribution in [0.15, 0.2) is 22.8 Å². The van der Waals surface area contributed by atoms with Crippen LogP contribution in [0.25, 0.3) is 0 Å². The molecule has 96 valence electrons. The van der Waals surface area contributed by atoms with Crippen molar-refractivity contribution in [3.05, 3.63) is 24.2 Å². The Hall–Kier alpha value is -1.78. The van der Waals surface area contributed by atoms with Gasteiger partial charge in [-0.15, -0.1) is 0 Å². The highest BCUT2D eigenvalue weighted by Crippen LogP contribution is 2.38. The number of likely N-dealkylation sites (tertiary alicyclic amines) is 1. The average Bonchev–Trinajstić information content (AvgIpc) is 3.02. The fourth-order valence-electron chi connectivity index (χ4n) is 2.89. The molecule has 3 rings (SSSR count). The molecule has 2 amide bonds. The molecule has 0 aliphatic carbocycles. The second-order valence-corrected chi connectivity index (χ2v) is 5.06. The number of carbonyl (C=O) groups is 2. The van der Waals surface area contributed by atoms with Gasteiger partial charge in [-0.3, -0.25) is 9.59 Å². The molecule has 0 unspecified atom stereocenters. The summed E-state index contributed by atoms with van der Waals surface area (Å²) in [7, 11) is 0. The van der Waals surface area contributed by atoms with Crippen molar-refractivity contribution in [2.45, 2.75) is 19.3 Å². The van der Waals surface area contributed by atoms with Gasteiger partial charge in [-0.2, -0.15) is 0 Å². The van der Waals surface area contributed by atoms with E-state index in [9.17, 15) is 9.59 Å². The van der Waals surface area contributed by atoms with Crippen LogP contribution in [0.4, 0.5) is 0 Å².